The Morgan fingerprint density at radius 1 is 1.56 bits per heavy atom. The minimum absolute atomic E-state index is 0.306. The maximum Gasteiger partial charge on any atom is 0.326 e. The Labute approximate surface area is 115 Å². The molecule has 0 saturated heterocycles. The van der Waals surface area contributed by atoms with Gasteiger partial charge in [0.15, 0.2) is 0 Å². The molecule has 1 rings (SSSR count). The molecule has 0 radical (unpaired) electrons. The summed E-state index contributed by atoms with van der Waals surface area (Å²) < 4.78 is 0. The zero-order chi connectivity index (χ0) is 13.5. The minimum atomic E-state index is -0.983. The van der Waals surface area contributed by atoms with Crippen LogP contribution in [0.4, 0.5) is 0 Å². The van der Waals surface area contributed by atoms with Gasteiger partial charge in [-0.2, -0.15) is 11.8 Å². The summed E-state index contributed by atoms with van der Waals surface area (Å²) in [6, 6.07) is 1.00. The van der Waals surface area contributed by atoms with Crippen LogP contribution in [0.3, 0.4) is 0 Å². The fourth-order valence-corrected chi connectivity index (χ4v) is 2.71. The molecule has 1 amide bonds. The number of nitrogens with one attached hydrogen (secondary N) is 1. The van der Waals surface area contributed by atoms with Crippen LogP contribution >= 0.6 is 23.1 Å². The zero-order valence-corrected chi connectivity index (χ0v) is 12.1. The van der Waals surface area contributed by atoms with Crippen LogP contribution in [0.1, 0.15) is 28.6 Å². The van der Waals surface area contributed by atoms with E-state index < -0.39 is 12.0 Å². The molecule has 0 unspecified atom stereocenters. The van der Waals surface area contributed by atoms with Gasteiger partial charge in [0.1, 0.15) is 6.04 Å². The van der Waals surface area contributed by atoms with Crippen molar-refractivity contribution in [3.05, 3.63) is 21.9 Å². The molecule has 1 atom stereocenters. The molecule has 0 bridgehead atoms. The van der Waals surface area contributed by atoms with Crippen LogP contribution in [0.25, 0.3) is 0 Å². The fraction of sp³-hybridized carbons (Fsp3) is 0.500. The van der Waals surface area contributed by atoms with E-state index in [1.165, 1.54) is 11.3 Å². The topological polar surface area (TPSA) is 66.4 Å². The summed E-state index contributed by atoms with van der Waals surface area (Å²) >= 11 is 3.08. The summed E-state index contributed by atoms with van der Waals surface area (Å²) in [7, 11) is 0. The Kier molecular flexibility index (Phi) is 6.21. The van der Waals surface area contributed by atoms with Crippen molar-refractivity contribution in [2.45, 2.75) is 25.8 Å². The van der Waals surface area contributed by atoms with Gasteiger partial charge in [-0.05, 0) is 30.9 Å². The van der Waals surface area contributed by atoms with Crippen molar-refractivity contribution >= 4 is 35.0 Å². The lowest BCUT2D eigenvalue weighted by Gasteiger charge is -2.13. The van der Waals surface area contributed by atoms with Crippen molar-refractivity contribution in [2.75, 3.05) is 12.0 Å². The first-order valence-electron chi connectivity index (χ1n) is 5.68. The number of aryl methyl sites for hydroxylation is 1. The third-order valence-corrected chi connectivity index (χ3v) is 4.20. The highest BCUT2D eigenvalue weighted by molar-refractivity contribution is 7.98. The molecule has 1 aromatic rings. The van der Waals surface area contributed by atoms with Crippen molar-refractivity contribution in [1.29, 1.82) is 0 Å². The second-order valence-corrected chi connectivity index (χ2v) is 5.78. The molecule has 0 spiro atoms. The third kappa shape index (κ3) is 4.34. The van der Waals surface area contributed by atoms with Crippen molar-refractivity contribution in [3.63, 3.8) is 0 Å². The smallest absolute Gasteiger partial charge is 0.326 e. The first kappa shape index (κ1) is 15.0. The van der Waals surface area contributed by atoms with E-state index >= 15 is 0 Å². The minimum Gasteiger partial charge on any atom is -0.480 e. The third-order valence-electron chi connectivity index (χ3n) is 2.48. The number of carbonyl (C=O) groups is 2. The van der Waals surface area contributed by atoms with E-state index in [-0.39, 0.29) is 5.91 Å². The predicted molar refractivity (Wildman–Crippen MR) is 75.6 cm³/mol. The van der Waals surface area contributed by atoms with Crippen molar-refractivity contribution < 1.29 is 14.7 Å². The van der Waals surface area contributed by atoms with E-state index in [1.807, 2.05) is 19.2 Å². The molecule has 1 aromatic heterocycles. The lowest BCUT2D eigenvalue weighted by atomic mass is 10.2. The molecular formula is C12H17NO3S2. The van der Waals surface area contributed by atoms with Gasteiger partial charge in [-0.1, -0.05) is 6.92 Å². The number of aliphatic carboxylic acids is 1. The van der Waals surface area contributed by atoms with Crippen LogP contribution in [0, 0.1) is 0 Å². The number of amides is 1. The Hall–Kier alpha value is -1.01. The number of thiophene rings is 1. The Morgan fingerprint density at radius 2 is 2.28 bits per heavy atom. The van der Waals surface area contributed by atoms with E-state index in [2.05, 4.69) is 5.32 Å². The van der Waals surface area contributed by atoms with Crippen LogP contribution in [0.5, 0.6) is 0 Å². The lowest BCUT2D eigenvalue weighted by molar-refractivity contribution is -0.139. The fourth-order valence-electron chi connectivity index (χ4n) is 1.42. The van der Waals surface area contributed by atoms with E-state index in [1.54, 1.807) is 17.1 Å². The number of hydrogen-bond donors (Lipinski definition) is 2. The van der Waals surface area contributed by atoms with Crippen molar-refractivity contribution in [2.24, 2.45) is 0 Å². The van der Waals surface area contributed by atoms with Crippen LogP contribution in [0.2, 0.25) is 0 Å². The molecule has 0 aliphatic rings. The summed E-state index contributed by atoms with van der Waals surface area (Å²) in [6.07, 6.45) is 3.23. The highest BCUT2D eigenvalue weighted by Crippen LogP contribution is 2.15. The van der Waals surface area contributed by atoms with Gasteiger partial charge in [-0.25, -0.2) is 4.79 Å². The van der Waals surface area contributed by atoms with Crippen LogP contribution in [-0.2, 0) is 11.2 Å². The molecule has 0 aliphatic heterocycles. The molecule has 0 saturated carbocycles. The van der Waals surface area contributed by atoms with Gasteiger partial charge >= 0.3 is 5.97 Å². The second-order valence-electron chi connectivity index (χ2n) is 3.80. The van der Waals surface area contributed by atoms with Gasteiger partial charge in [-0.15, -0.1) is 11.3 Å². The molecule has 0 aliphatic carbocycles. The molecule has 0 aromatic carbocycles. The van der Waals surface area contributed by atoms with Crippen LogP contribution < -0.4 is 5.32 Å². The van der Waals surface area contributed by atoms with Crippen molar-refractivity contribution in [3.8, 4) is 0 Å². The zero-order valence-electron chi connectivity index (χ0n) is 10.4. The summed E-state index contributed by atoms with van der Waals surface area (Å²) in [4.78, 5) is 24.0. The Balaban J connectivity index is 2.62. The van der Waals surface area contributed by atoms with E-state index in [0.29, 0.717) is 17.7 Å². The summed E-state index contributed by atoms with van der Waals surface area (Å²) in [5, 5.41) is 13.4. The maximum absolute atomic E-state index is 11.9. The Morgan fingerprint density at radius 3 is 2.78 bits per heavy atom. The van der Waals surface area contributed by atoms with E-state index in [4.69, 9.17) is 5.11 Å². The second kappa shape index (κ2) is 7.43. The number of carboxylic acid groups (broad SMARTS) is 1. The van der Waals surface area contributed by atoms with Crippen LogP contribution in [-0.4, -0.2) is 35.0 Å². The SMILES string of the molecule is CCc1cc(C(=O)N[C@H](CCSC)C(=O)O)cs1. The predicted octanol–water partition coefficient (Wildman–Crippen LogP) is 2.25. The maximum atomic E-state index is 11.9. The van der Waals surface area contributed by atoms with Gasteiger partial charge < -0.3 is 10.4 Å². The molecule has 4 nitrogen and oxygen atoms in total. The number of thioether (sulfide) groups is 1. The first-order valence-corrected chi connectivity index (χ1v) is 7.95. The van der Waals surface area contributed by atoms with Crippen molar-refractivity contribution in [1.82, 2.24) is 5.32 Å². The van der Waals surface area contributed by atoms with Crippen LogP contribution in [0.15, 0.2) is 11.4 Å². The Bertz CT molecular complexity index is 417. The summed E-state index contributed by atoms with van der Waals surface area (Å²) in [6.45, 7) is 2.02. The van der Waals surface area contributed by atoms with Gasteiger partial charge in [0.05, 0.1) is 5.56 Å². The van der Waals surface area contributed by atoms with Gasteiger partial charge in [-0.3, -0.25) is 4.79 Å². The molecule has 6 heteroatoms. The lowest BCUT2D eigenvalue weighted by Crippen LogP contribution is -2.41. The summed E-state index contributed by atoms with van der Waals surface area (Å²) in [5.74, 6) is -0.580. The van der Waals surface area contributed by atoms with E-state index in [0.717, 1.165) is 11.3 Å². The number of rotatable bonds is 7. The van der Waals surface area contributed by atoms with Gasteiger partial charge in [0, 0.05) is 10.3 Å². The number of carbonyl (C=O) groups excluding carboxylic acids is 1. The molecule has 2 N–H and O–H groups in total. The summed E-state index contributed by atoms with van der Waals surface area (Å²) in [5.41, 5.74) is 0.548. The first-order chi connectivity index (χ1) is 8.58. The van der Waals surface area contributed by atoms with Gasteiger partial charge in [0.2, 0.25) is 0 Å². The monoisotopic (exact) mass is 287 g/mol. The molecule has 100 valence electrons. The molecule has 18 heavy (non-hydrogen) atoms. The number of carboxylic acids is 1. The average Bonchev–Trinajstić information content (AvgIpc) is 2.82. The molecule has 0 fully saturated rings. The highest BCUT2D eigenvalue weighted by atomic mass is 32.2. The molecular weight excluding hydrogens is 270 g/mol. The standard InChI is InChI=1S/C12H17NO3S2/c1-3-9-6-8(7-18-9)11(14)13-10(12(15)16)4-5-17-2/h6-7,10H,3-5H2,1-2H3,(H,13,14)(H,15,16)/t10-/m1/s1. The quantitative estimate of drug-likeness (QED) is 0.807. The number of hydrogen-bond acceptors (Lipinski definition) is 4. The average molecular weight is 287 g/mol. The largest absolute Gasteiger partial charge is 0.480 e. The normalized spacial score (nSPS) is 12.1. The van der Waals surface area contributed by atoms with E-state index in [9.17, 15) is 9.59 Å². The van der Waals surface area contributed by atoms with Gasteiger partial charge in [0.25, 0.3) is 5.91 Å². The molecule has 1 heterocycles. The highest BCUT2D eigenvalue weighted by Gasteiger charge is 2.20.